The van der Waals surface area contributed by atoms with Crippen LogP contribution in [-0.2, 0) is 37.7 Å². The van der Waals surface area contributed by atoms with Gasteiger partial charge < -0.3 is 24.6 Å². The highest BCUT2D eigenvalue weighted by atomic mass is 79.9. The second-order valence-electron chi connectivity index (χ2n) is 11.9. The van der Waals surface area contributed by atoms with Gasteiger partial charge in [-0.25, -0.2) is 26.6 Å². The van der Waals surface area contributed by atoms with Crippen LogP contribution >= 0.6 is 15.9 Å². The maximum Gasteiger partial charge on any atom is 0.407 e. The van der Waals surface area contributed by atoms with Gasteiger partial charge in [0.05, 0.1) is 36.5 Å². The summed E-state index contributed by atoms with van der Waals surface area (Å²) in [5.74, 6) is 0.140. The summed E-state index contributed by atoms with van der Waals surface area (Å²) in [6.45, 7) is 4.11. The third kappa shape index (κ3) is 9.85. The number of methoxy groups -OCH3 is 2. The maximum atomic E-state index is 14.9. The highest BCUT2D eigenvalue weighted by molar-refractivity contribution is 9.10. The normalized spacial score (nSPS) is 14.0. The van der Waals surface area contributed by atoms with Crippen molar-refractivity contribution in [1.82, 2.24) is 9.62 Å². The molecule has 1 aliphatic heterocycles. The smallest absolute Gasteiger partial charge is 0.407 e. The number of sulfone groups is 1. The number of carbonyl (C=O) groups is 1. The lowest BCUT2D eigenvalue weighted by molar-refractivity contribution is 0.0498. The number of halogens is 1. The predicted octanol–water partition coefficient (Wildman–Crippen LogP) is 4.69. The first kappa shape index (κ1) is 37.9. The molecule has 0 aliphatic carbocycles. The van der Waals surface area contributed by atoms with Crippen LogP contribution < -0.4 is 14.8 Å². The molecule has 4 rings (SSSR count). The lowest BCUT2D eigenvalue weighted by Crippen LogP contribution is -2.39. The Hall–Kier alpha value is -3.90. The van der Waals surface area contributed by atoms with Crippen LogP contribution in [0.4, 0.5) is 4.79 Å². The van der Waals surface area contributed by atoms with Gasteiger partial charge in [-0.2, -0.15) is 9.42 Å². The molecule has 0 saturated heterocycles. The first-order valence-electron chi connectivity index (χ1n) is 14.9. The third-order valence-electron chi connectivity index (χ3n) is 7.01. The Labute approximate surface area is 294 Å². The van der Waals surface area contributed by atoms with Gasteiger partial charge in [0.1, 0.15) is 22.0 Å². The predicted molar refractivity (Wildman–Crippen MR) is 185 cm³/mol. The molecular weight excluding hydrogens is 742 g/mol. The molecule has 0 saturated carbocycles. The third-order valence-corrected chi connectivity index (χ3v) is 11.5. The number of aliphatic imine (C=N–C) groups is 1. The van der Waals surface area contributed by atoms with Crippen LogP contribution in [0.3, 0.4) is 0 Å². The molecule has 0 unspecified atom stereocenters. The number of sulfonamides is 1. The molecule has 0 bridgehead atoms. The number of aliphatic hydroxyl groups excluding tert-OH is 1. The summed E-state index contributed by atoms with van der Waals surface area (Å²) in [4.78, 5) is 15.2. The number of nitrogens with one attached hydrogen (secondary N) is 1. The molecule has 1 aliphatic rings. The molecule has 1 heterocycles. The van der Waals surface area contributed by atoms with Crippen molar-refractivity contribution in [3.8, 4) is 11.5 Å². The summed E-state index contributed by atoms with van der Waals surface area (Å²) in [6.07, 6.45) is -2.46. The van der Waals surface area contributed by atoms with E-state index in [4.69, 9.17) is 14.2 Å². The van der Waals surface area contributed by atoms with Crippen LogP contribution in [0.5, 0.6) is 11.5 Å². The van der Waals surface area contributed by atoms with Crippen LogP contribution in [0.25, 0.3) is 0 Å². The van der Waals surface area contributed by atoms with Crippen LogP contribution in [-0.4, -0.2) is 83.1 Å². The highest BCUT2D eigenvalue weighted by Gasteiger charge is 2.38. The van der Waals surface area contributed by atoms with Crippen molar-refractivity contribution in [2.45, 2.75) is 55.4 Å². The molecule has 0 aromatic heterocycles. The SMILES string of the molecule is COc1ccc(CN(Cc2ccc(OC)cc2)S(=O)(=O)c2c(S(=O)(=O)C[C@H](O)CNC(=O)OC(C)(C)C)ccc(Br)c2C2=NCN=N2)cc1. The molecule has 264 valence electrons. The summed E-state index contributed by atoms with van der Waals surface area (Å²) in [6, 6.07) is 16.1. The number of carbonyl (C=O) groups excluding carboxylic acids is 1. The highest BCUT2D eigenvalue weighted by Crippen LogP contribution is 2.36. The van der Waals surface area contributed by atoms with Crippen molar-refractivity contribution < 1.29 is 40.9 Å². The van der Waals surface area contributed by atoms with E-state index in [0.29, 0.717) is 22.6 Å². The van der Waals surface area contributed by atoms with Gasteiger partial charge in [0, 0.05) is 24.1 Å². The Balaban J connectivity index is 1.82. The van der Waals surface area contributed by atoms with Gasteiger partial charge in [0.25, 0.3) is 0 Å². The second kappa shape index (κ2) is 15.8. The zero-order valence-electron chi connectivity index (χ0n) is 27.6. The molecule has 17 heteroatoms. The standard InChI is InChI=1S/C32H38BrN5O9S2/c1-32(2,3)47-31(40)34-16-23(39)19-48(41,42)27-15-14-26(33)28(30-35-20-36-37-30)29(27)49(43,44)38(17-21-6-10-24(45-4)11-7-21)18-22-8-12-25(46-5)13-9-22/h6-15,23,39H,16-20H2,1-5H3,(H,34,40)/t23-/m1/s1. The van der Waals surface area contributed by atoms with Gasteiger partial charge in [-0.05, 0) is 84.2 Å². The fourth-order valence-corrected chi connectivity index (χ4v) is 9.23. The number of hydrogen-bond acceptors (Lipinski definition) is 12. The van der Waals surface area contributed by atoms with E-state index in [1.165, 1.54) is 20.3 Å². The second-order valence-corrected chi connectivity index (χ2v) is 16.6. The fraction of sp³-hybridized carbons (Fsp3) is 0.375. The summed E-state index contributed by atoms with van der Waals surface area (Å²) in [5.41, 5.74) is 0.279. The van der Waals surface area contributed by atoms with Gasteiger partial charge in [-0.1, -0.05) is 24.3 Å². The topological polar surface area (TPSA) is 186 Å². The molecule has 0 fully saturated rings. The van der Waals surface area contributed by atoms with E-state index in [-0.39, 0.29) is 35.6 Å². The molecule has 1 amide bonds. The average molecular weight is 781 g/mol. The largest absolute Gasteiger partial charge is 0.497 e. The minimum Gasteiger partial charge on any atom is -0.497 e. The van der Waals surface area contributed by atoms with E-state index in [9.17, 15) is 26.7 Å². The van der Waals surface area contributed by atoms with Crippen LogP contribution in [0, 0.1) is 0 Å². The van der Waals surface area contributed by atoms with E-state index in [1.807, 2.05) is 0 Å². The van der Waals surface area contributed by atoms with Crippen LogP contribution in [0.15, 0.2) is 90.1 Å². The zero-order valence-corrected chi connectivity index (χ0v) is 30.8. The zero-order chi connectivity index (χ0) is 36.0. The number of amidine groups is 1. The number of benzene rings is 3. The van der Waals surface area contributed by atoms with E-state index in [2.05, 4.69) is 36.5 Å². The Kier molecular flexibility index (Phi) is 12.2. The van der Waals surface area contributed by atoms with Gasteiger partial charge in [-0.15, -0.1) is 5.11 Å². The van der Waals surface area contributed by atoms with Crippen molar-refractivity contribution in [2.24, 2.45) is 15.2 Å². The lowest BCUT2D eigenvalue weighted by Gasteiger charge is -2.26. The minimum absolute atomic E-state index is 0.0747. The van der Waals surface area contributed by atoms with Gasteiger partial charge in [-0.3, -0.25) is 0 Å². The van der Waals surface area contributed by atoms with Gasteiger partial charge >= 0.3 is 6.09 Å². The van der Waals surface area contributed by atoms with Gasteiger partial charge in [0.2, 0.25) is 10.0 Å². The molecule has 1 atom stereocenters. The molecular formula is C32H38BrN5O9S2. The van der Waals surface area contributed by atoms with E-state index >= 15 is 0 Å². The molecule has 0 radical (unpaired) electrons. The number of rotatable bonds is 14. The Bertz CT molecular complexity index is 1880. The monoisotopic (exact) mass is 779 g/mol. The molecule has 3 aromatic carbocycles. The minimum atomic E-state index is -4.71. The van der Waals surface area contributed by atoms with Crippen LogP contribution in [0.2, 0.25) is 0 Å². The van der Waals surface area contributed by atoms with Crippen molar-refractivity contribution in [3.63, 3.8) is 0 Å². The van der Waals surface area contributed by atoms with E-state index in [0.717, 1.165) is 10.4 Å². The molecule has 2 N–H and O–H groups in total. The number of azo groups is 1. The number of amides is 1. The van der Waals surface area contributed by atoms with E-state index in [1.54, 1.807) is 69.3 Å². The summed E-state index contributed by atoms with van der Waals surface area (Å²) >= 11 is 3.38. The Morgan fingerprint density at radius 3 is 1.96 bits per heavy atom. The molecule has 49 heavy (non-hydrogen) atoms. The first-order valence-corrected chi connectivity index (χ1v) is 18.8. The Morgan fingerprint density at radius 2 is 1.49 bits per heavy atom. The van der Waals surface area contributed by atoms with Crippen LogP contribution in [0.1, 0.15) is 37.5 Å². The Morgan fingerprint density at radius 1 is 0.939 bits per heavy atom. The van der Waals surface area contributed by atoms with Crippen molar-refractivity contribution in [2.75, 3.05) is 33.2 Å². The van der Waals surface area contributed by atoms with Gasteiger partial charge in [0.15, 0.2) is 22.3 Å². The average Bonchev–Trinajstić information content (AvgIpc) is 3.57. The first-order chi connectivity index (χ1) is 23.0. The summed E-state index contributed by atoms with van der Waals surface area (Å²) in [5, 5.41) is 20.9. The summed E-state index contributed by atoms with van der Waals surface area (Å²) in [7, 11) is -6.23. The number of alkyl carbamates (subject to hydrolysis) is 1. The quantitative estimate of drug-likeness (QED) is 0.234. The summed E-state index contributed by atoms with van der Waals surface area (Å²) < 4.78 is 74.9. The van der Waals surface area contributed by atoms with Crippen molar-refractivity contribution in [3.05, 3.63) is 81.8 Å². The molecule has 3 aromatic rings. The molecule has 0 spiro atoms. The number of nitrogens with zero attached hydrogens (tertiary/aromatic N) is 4. The van der Waals surface area contributed by atoms with Crippen molar-refractivity contribution in [1.29, 1.82) is 0 Å². The number of hydrogen-bond donors (Lipinski definition) is 2. The van der Waals surface area contributed by atoms with E-state index < -0.39 is 59.7 Å². The molecule has 14 nitrogen and oxygen atoms in total. The lowest BCUT2D eigenvalue weighted by atomic mass is 10.2. The maximum absolute atomic E-state index is 14.9. The number of ether oxygens (including phenoxy) is 3. The fourth-order valence-electron chi connectivity index (χ4n) is 4.75. The number of aliphatic hydroxyl groups is 1. The van der Waals surface area contributed by atoms with Crippen molar-refractivity contribution >= 4 is 47.7 Å².